The molecule has 2 bridgehead atoms. The van der Waals surface area contributed by atoms with Crippen LogP contribution in [0.15, 0.2) is 25.3 Å². The van der Waals surface area contributed by atoms with Gasteiger partial charge in [-0.2, -0.15) is 0 Å². The minimum Gasteiger partial charge on any atom is -0.465 e. The average Bonchev–Trinajstić information content (AvgIpc) is 3.43. The molecule has 0 saturated carbocycles. The summed E-state index contributed by atoms with van der Waals surface area (Å²) in [6.07, 6.45) is 7.86. The molecule has 196 valence electrons. The maximum Gasteiger partial charge on any atom is 0.310 e. The summed E-state index contributed by atoms with van der Waals surface area (Å²) in [5.41, 5.74) is 0. The van der Waals surface area contributed by atoms with Gasteiger partial charge in [0.05, 0.1) is 35.8 Å². The van der Waals surface area contributed by atoms with Crippen LogP contribution in [-0.4, -0.2) is 85.9 Å². The Morgan fingerprint density at radius 1 is 1.34 bits per heavy atom. The number of carbonyl (C=O) groups excluding carboxylic acids is 3. The molecule has 0 aromatic carbocycles. The van der Waals surface area contributed by atoms with E-state index in [1.807, 2.05) is 6.92 Å². The number of rotatable bonds is 14. The number of halogens is 1. The Morgan fingerprint density at radius 2 is 2.09 bits per heavy atom. The zero-order valence-corrected chi connectivity index (χ0v) is 23.3. The first-order valence-electron chi connectivity index (χ1n) is 12.7. The highest BCUT2D eigenvalue weighted by Crippen LogP contribution is 2.68. The van der Waals surface area contributed by atoms with E-state index in [0.717, 1.165) is 19.3 Å². The molecule has 1 spiro atoms. The number of unbranched alkanes of at least 4 members (excludes halogenated alkanes) is 2. The van der Waals surface area contributed by atoms with Crippen LogP contribution in [0.4, 0.5) is 0 Å². The van der Waals surface area contributed by atoms with Gasteiger partial charge in [0.15, 0.2) is 0 Å². The predicted octanol–water partition coefficient (Wildman–Crippen LogP) is 3.55. The number of hydrogen-bond donors (Lipinski definition) is 1. The maximum absolute atomic E-state index is 14.1. The van der Waals surface area contributed by atoms with Crippen molar-refractivity contribution in [2.45, 2.75) is 79.3 Å². The molecule has 3 saturated heterocycles. The summed E-state index contributed by atoms with van der Waals surface area (Å²) in [6.45, 7) is 12.5. The number of carbonyl (C=O) groups is 3. The van der Waals surface area contributed by atoms with Crippen LogP contribution in [0.1, 0.15) is 52.4 Å². The molecule has 3 unspecified atom stereocenters. The molecule has 7 nitrogen and oxygen atoms in total. The van der Waals surface area contributed by atoms with Crippen molar-refractivity contribution in [3.8, 4) is 0 Å². The van der Waals surface area contributed by atoms with Crippen molar-refractivity contribution in [1.29, 1.82) is 0 Å². The van der Waals surface area contributed by atoms with Crippen molar-refractivity contribution in [3.05, 3.63) is 25.3 Å². The predicted molar refractivity (Wildman–Crippen MR) is 142 cm³/mol. The molecular weight excluding hydrogens is 532 g/mol. The Bertz CT molecular complexity index is 822. The van der Waals surface area contributed by atoms with Crippen molar-refractivity contribution < 1.29 is 24.2 Å². The lowest BCUT2D eigenvalue weighted by atomic mass is 9.71. The Balaban J connectivity index is 2.00. The van der Waals surface area contributed by atoms with Gasteiger partial charge in [-0.05, 0) is 32.1 Å². The molecular formula is C26H39BrN2O5S. The number of allylic oxidation sites excluding steroid dienone is 1. The number of nitrogens with zero attached hydrogens (tertiary/aromatic N) is 2. The summed E-state index contributed by atoms with van der Waals surface area (Å²) in [6, 6.07) is -1.21. The van der Waals surface area contributed by atoms with E-state index in [0.29, 0.717) is 32.4 Å². The third-order valence-corrected chi connectivity index (χ3v) is 10.8. The molecule has 0 aromatic heterocycles. The second kappa shape index (κ2) is 12.3. The van der Waals surface area contributed by atoms with Crippen LogP contribution in [0.5, 0.6) is 0 Å². The molecule has 3 aliphatic rings. The molecule has 0 aromatic rings. The fourth-order valence-corrected chi connectivity index (χ4v) is 9.47. The van der Waals surface area contributed by atoms with E-state index >= 15 is 0 Å². The van der Waals surface area contributed by atoms with Crippen molar-refractivity contribution >= 4 is 45.5 Å². The lowest BCUT2D eigenvalue weighted by Crippen LogP contribution is -2.57. The number of thioether (sulfide) groups is 1. The number of likely N-dealkylation sites (tertiary alicyclic amines) is 1. The van der Waals surface area contributed by atoms with Crippen LogP contribution in [0.2, 0.25) is 0 Å². The number of amides is 2. The van der Waals surface area contributed by atoms with Crippen molar-refractivity contribution in [3.63, 3.8) is 0 Å². The highest BCUT2D eigenvalue weighted by atomic mass is 79.9. The Labute approximate surface area is 221 Å². The quantitative estimate of drug-likeness (QED) is 0.149. The first kappa shape index (κ1) is 28.3. The number of fused-ring (bicyclic) bond motifs is 1. The molecule has 3 fully saturated rings. The number of esters is 1. The first-order chi connectivity index (χ1) is 16.8. The summed E-state index contributed by atoms with van der Waals surface area (Å²) in [5, 5.41) is 10.0. The van der Waals surface area contributed by atoms with E-state index in [2.05, 4.69) is 36.0 Å². The molecule has 7 atom stereocenters. The van der Waals surface area contributed by atoms with Crippen LogP contribution in [-0.2, 0) is 19.1 Å². The van der Waals surface area contributed by atoms with E-state index in [-0.39, 0.29) is 41.1 Å². The number of aliphatic hydroxyl groups is 1. The van der Waals surface area contributed by atoms with Gasteiger partial charge in [-0.15, -0.1) is 24.9 Å². The van der Waals surface area contributed by atoms with Gasteiger partial charge < -0.3 is 19.6 Å². The molecule has 35 heavy (non-hydrogen) atoms. The minimum absolute atomic E-state index is 0.00442. The monoisotopic (exact) mass is 570 g/mol. The van der Waals surface area contributed by atoms with Crippen LogP contribution >= 0.6 is 27.7 Å². The fourth-order valence-electron chi connectivity index (χ4n) is 5.89. The van der Waals surface area contributed by atoms with Crippen LogP contribution in [0.3, 0.4) is 0 Å². The van der Waals surface area contributed by atoms with Gasteiger partial charge in [-0.3, -0.25) is 14.4 Å². The number of aliphatic hydroxyl groups excluding tert-OH is 1. The largest absolute Gasteiger partial charge is 0.465 e. The smallest absolute Gasteiger partial charge is 0.310 e. The van der Waals surface area contributed by atoms with E-state index in [9.17, 15) is 19.5 Å². The summed E-state index contributed by atoms with van der Waals surface area (Å²) in [4.78, 5) is 44.8. The highest BCUT2D eigenvalue weighted by molar-refractivity contribution is 9.09. The van der Waals surface area contributed by atoms with Gasteiger partial charge in [-0.25, -0.2) is 0 Å². The Kier molecular flexibility index (Phi) is 9.91. The minimum atomic E-state index is -0.734. The fraction of sp³-hybridized carbons (Fsp3) is 0.731. The molecule has 3 aliphatic heterocycles. The van der Waals surface area contributed by atoms with Crippen LogP contribution in [0.25, 0.3) is 0 Å². The van der Waals surface area contributed by atoms with E-state index in [1.165, 1.54) is 0 Å². The van der Waals surface area contributed by atoms with E-state index < -0.39 is 28.7 Å². The normalized spacial score (nSPS) is 31.8. The summed E-state index contributed by atoms with van der Waals surface area (Å²) in [5.74, 6) is -1.94. The van der Waals surface area contributed by atoms with Crippen LogP contribution < -0.4 is 0 Å². The zero-order chi connectivity index (χ0) is 25.8. The van der Waals surface area contributed by atoms with Crippen molar-refractivity contribution in [1.82, 2.24) is 9.80 Å². The first-order valence-corrected chi connectivity index (χ1v) is 14.5. The Morgan fingerprint density at radius 3 is 2.69 bits per heavy atom. The third kappa shape index (κ3) is 5.10. The van der Waals surface area contributed by atoms with Gasteiger partial charge in [-0.1, -0.05) is 48.4 Å². The molecule has 2 amide bonds. The van der Waals surface area contributed by atoms with Gasteiger partial charge >= 0.3 is 5.97 Å². The van der Waals surface area contributed by atoms with Gasteiger partial charge in [0, 0.05) is 23.2 Å². The standard InChI is InChI=1S/C26H39BrN2O5S/c1-5-9-11-14-34-25(33)19-20-23(31)29(17(8-4)16-30)22(26(20)15-18(27)21(19)35-26)24(32)28(12-7-3)13-10-6-2/h5,7,17-22,30H,1,3,6,8-16H2,2,4H3/t17-,18?,19-,20-,21-,22?,26?/m0/s1. The number of ether oxygens (including phenoxy) is 1. The number of alkyl halides is 1. The summed E-state index contributed by atoms with van der Waals surface area (Å²) < 4.78 is 4.89. The topological polar surface area (TPSA) is 87.1 Å². The van der Waals surface area contributed by atoms with Crippen molar-refractivity contribution in [2.75, 3.05) is 26.3 Å². The molecule has 1 N–H and O–H groups in total. The molecule has 3 heterocycles. The lowest BCUT2D eigenvalue weighted by molar-refractivity contribution is -0.154. The highest BCUT2D eigenvalue weighted by Gasteiger charge is 2.76. The van der Waals surface area contributed by atoms with Gasteiger partial charge in [0.2, 0.25) is 11.8 Å². The Hall–Kier alpha value is -1.32. The molecule has 9 heteroatoms. The van der Waals surface area contributed by atoms with E-state index in [4.69, 9.17) is 4.74 Å². The third-order valence-electron chi connectivity index (χ3n) is 7.55. The van der Waals surface area contributed by atoms with Crippen molar-refractivity contribution in [2.24, 2.45) is 11.8 Å². The molecule has 0 radical (unpaired) electrons. The second-order valence-electron chi connectivity index (χ2n) is 9.68. The zero-order valence-electron chi connectivity index (χ0n) is 20.9. The average molecular weight is 572 g/mol. The summed E-state index contributed by atoms with van der Waals surface area (Å²) >= 11 is 5.36. The maximum atomic E-state index is 14.1. The number of hydrogen-bond acceptors (Lipinski definition) is 6. The molecule has 3 rings (SSSR count). The molecule has 0 aliphatic carbocycles. The van der Waals surface area contributed by atoms with Gasteiger partial charge in [0.25, 0.3) is 0 Å². The van der Waals surface area contributed by atoms with E-state index in [1.54, 1.807) is 33.7 Å². The van der Waals surface area contributed by atoms with Crippen LogP contribution in [0, 0.1) is 11.8 Å². The second-order valence-corrected chi connectivity index (χ2v) is 12.4. The summed E-state index contributed by atoms with van der Waals surface area (Å²) in [7, 11) is 0. The lowest BCUT2D eigenvalue weighted by Gasteiger charge is -2.39. The van der Waals surface area contributed by atoms with Gasteiger partial charge in [0.1, 0.15) is 6.04 Å². The SMILES string of the molecule is C=CCCCOC(=O)[C@H]1[C@H]2C(=O)N([C@@H](CC)CO)C(C(=O)N(CC=C)CCCC)C23CC(Br)[C@@H]1S3.